The molecule has 4 rings (SSSR count). The van der Waals surface area contributed by atoms with Gasteiger partial charge in [0.25, 0.3) is 0 Å². The number of rotatable bonds is 4. The van der Waals surface area contributed by atoms with Crippen molar-refractivity contribution >= 4 is 11.7 Å². The minimum absolute atomic E-state index is 0.0304. The van der Waals surface area contributed by atoms with Crippen LogP contribution >= 0.6 is 0 Å². The van der Waals surface area contributed by atoms with Gasteiger partial charge in [0.1, 0.15) is 11.6 Å². The van der Waals surface area contributed by atoms with E-state index in [0.29, 0.717) is 0 Å². The number of carbonyl (C=O) groups excluding carboxylic acids is 1. The quantitative estimate of drug-likeness (QED) is 0.604. The van der Waals surface area contributed by atoms with E-state index in [2.05, 4.69) is 17.4 Å². The summed E-state index contributed by atoms with van der Waals surface area (Å²) in [4.78, 5) is 15.0. The molecule has 3 aromatic carbocycles. The van der Waals surface area contributed by atoms with Crippen molar-refractivity contribution in [1.29, 1.82) is 0 Å². The third-order valence-electron chi connectivity index (χ3n) is 5.53. The minimum Gasteiger partial charge on any atom is -0.314 e. The van der Waals surface area contributed by atoms with Gasteiger partial charge in [-0.2, -0.15) is 0 Å². The number of hydrogen-bond acceptors (Lipinski definition) is 1. The van der Waals surface area contributed by atoms with Crippen LogP contribution in [0, 0.1) is 11.6 Å². The van der Waals surface area contributed by atoms with E-state index in [9.17, 15) is 13.6 Å². The second-order valence-corrected chi connectivity index (χ2v) is 7.38. The molecule has 1 unspecified atom stereocenters. The van der Waals surface area contributed by atoms with Crippen LogP contribution in [0.1, 0.15) is 29.7 Å². The van der Waals surface area contributed by atoms with E-state index >= 15 is 0 Å². The summed E-state index contributed by atoms with van der Waals surface area (Å²) < 4.78 is 27.3. The summed E-state index contributed by atoms with van der Waals surface area (Å²) in [6, 6.07) is 20.4. The zero-order valence-corrected chi connectivity index (χ0v) is 16.1. The molecule has 0 saturated heterocycles. The van der Waals surface area contributed by atoms with Crippen molar-refractivity contribution in [1.82, 2.24) is 4.90 Å². The van der Waals surface area contributed by atoms with Gasteiger partial charge in [-0.3, -0.25) is 0 Å². The number of fused-ring (bicyclic) bond motifs is 1. The predicted molar refractivity (Wildman–Crippen MR) is 110 cm³/mol. The van der Waals surface area contributed by atoms with Gasteiger partial charge < -0.3 is 10.2 Å². The summed E-state index contributed by atoms with van der Waals surface area (Å²) in [5.41, 5.74) is 3.42. The Morgan fingerprint density at radius 2 is 1.59 bits per heavy atom. The van der Waals surface area contributed by atoms with Gasteiger partial charge in [0.2, 0.25) is 0 Å². The van der Waals surface area contributed by atoms with Crippen LogP contribution in [0.15, 0.2) is 72.8 Å². The van der Waals surface area contributed by atoms with E-state index in [0.717, 1.165) is 30.5 Å². The van der Waals surface area contributed by atoms with Crippen LogP contribution in [-0.4, -0.2) is 17.0 Å². The van der Waals surface area contributed by atoms with Crippen molar-refractivity contribution < 1.29 is 13.6 Å². The molecular formula is C24H22F2N2O. The van der Waals surface area contributed by atoms with Gasteiger partial charge in [-0.05, 0) is 48.6 Å². The molecule has 3 nitrogen and oxygen atoms in total. The molecule has 1 N–H and O–H groups in total. The van der Waals surface area contributed by atoms with Crippen LogP contribution in [-0.2, 0) is 12.8 Å². The third kappa shape index (κ3) is 3.99. The number of hydrogen-bond donors (Lipinski definition) is 1. The highest BCUT2D eigenvalue weighted by Gasteiger charge is 2.34. The lowest BCUT2D eigenvalue weighted by Crippen LogP contribution is -2.45. The predicted octanol–water partition coefficient (Wildman–Crippen LogP) is 5.73. The van der Waals surface area contributed by atoms with Gasteiger partial charge in [-0.25, -0.2) is 13.6 Å². The molecular weight excluding hydrogens is 370 g/mol. The normalized spacial score (nSPS) is 14.3. The first-order chi connectivity index (χ1) is 14.0. The summed E-state index contributed by atoms with van der Waals surface area (Å²) in [6.07, 6.45) is 1.49. The molecule has 0 saturated carbocycles. The fourth-order valence-electron chi connectivity index (χ4n) is 4.05. The van der Waals surface area contributed by atoms with Crippen molar-refractivity contribution in [3.05, 3.63) is 101 Å². The molecule has 29 heavy (non-hydrogen) atoms. The Kier molecular flexibility index (Phi) is 5.30. The summed E-state index contributed by atoms with van der Waals surface area (Å²) in [5.74, 6) is -1.47. The van der Waals surface area contributed by atoms with E-state index in [1.165, 1.54) is 17.2 Å². The highest BCUT2D eigenvalue weighted by atomic mass is 19.1. The second-order valence-electron chi connectivity index (χ2n) is 7.38. The highest BCUT2D eigenvalue weighted by molar-refractivity contribution is 5.90. The molecule has 5 heteroatoms. The first-order valence-corrected chi connectivity index (χ1v) is 9.69. The molecule has 1 aliphatic rings. The lowest BCUT2D eigenvalue weighted by molar-refractivity contribution is 0.164. The monoisotopic (exact) mass is 392 g/mol. The molecule has 3 aromatic rings. The third-order valence-corrected chi connectivity index (χ3v) is 5.53. The van der Waals surface area contributed by atoms with Crippen LogP contribution in [0.4, 0.5) is 19.3 Å². The van der Waals surface area contributed by atoms with Crippen LogP contribution in [0.5, 0.6) is 0 Å². The summed E-state index contributed by atoms with van der Waals surface area (Å²) >= 11 is 0. The molecule has 0 aromatic heterocycles. The van der Waals surface area contributed by atoms with Crippen LogP contribution in [0.25, 0.3) is 0 Å². The molecule has 1 aliphatic carbocycles. The van der Waals surface area contributed by atoms with Crippen LogP contribution < -0.4 is 5.32 Å². The van der Waals surface area contributed by atoms with Gasteiger partial charge >= 0.3 is 6.03 Å². The zero-order chi connectivity index (χ0) is 20.4. The Morgan fingerprint density at radius 1 is 0.966 bits per heavy atom. The Morgan fingerprint density at radius 3 is 2.21 bits per heavy atom. The van der Waals surface area contributed by atoms with E-state index < -0.39 is 17.7 Å². The van der Waals surface area contributed by atoms with Crippen LogP contribution in [0.2, 0.25) is 0 Å². The molecule has 2 amide bonds. The number of nitrogens with one attached hydrogen (secondary N) is 1. The molecule has 0 bridgehead atoms. The molecule has 0 heterocycles. The Bertz CT molecular complexity index is 997. The lowest BCUT2D eigenvalue weighted by Gasteiger charge is -2.35. The molecule has 1 atom stereocenters. The number of amides is 2. The SMILES string of the molecule is CC(c1ccccc1)N(C(=O)Nc1ccc(F)cc1F)C1Cc2ccccc2C1. The molecule has 148 valence electrons. The maximum Gasteiger partial charge on any atom is 0.322 e. The fraction of sp³-hybridized carbons (Fsp3) is 0.208. The number of benzene rings is 3. The van der Waals surface area contributed by atoms with E-state index in [-0.39, 0.29) is 17.8 Å². The van der Waals surface area contributed by atoms with Crippen molar-refractivity contribution in [2.24, 2.45) is 0 Å². The number of carbonyl (C=O) groups is 1. The zero-order valence-electron chi connectivity index (χ0n) is 16.1. The minimum atomic E-state index is -0.791. The Balaban J connectivity index is 1.64. The smallest absolute Gasteiger partial charge is 0.314 e. The van der Waals surface area contributed by atoms with Crippen LogP contribution in [0.3, 0.4) is 0 Å². The van der Waals surface area contributed by atoms with Gasteiger partial charge in [-0.1, -0.05) is 54.6 Å². The standard InChI is InChI=1S/C24H22F2N2O/c1-16(17-7-3-2-4-8-17)28(21-13-18-9-5-6-10-19(18)14-21)24(29)27-23-12-11-20(25)15-22(23)26/h2-12,15-16,21H,13-14H2,1H3,(H,27,29). The van der Waals surface area contributed by atoms with Gasteiger partial charge in [0, 0.05) is 12.1 Å². The molecule has 0 radical (unpaired) electrons. The topological polar surface area (TPSA) is 32.3 Å². The van der Waals surface area contributed by atoms with Gasteiger partial charge in [0.15, 0.2) is 0 Å². The number of urea groups is 1. The Labute approximate surface area is 169 Å². The van der Waals surface area contributed by atoms with Gasteiger partial charge in [-0.15, -0.1) is 0 Å². The Hall–Kier alpha value is -3.21. The average Bonchev–Trinajstić information content (AvgIpc) is 3.14. The average molecular weight is 392 g/mol. The molecule has 0 aliphatic heterocycles. The fourth-order valence-corrected chi connectivity index (χ4v) is 4.05. The van der Waals surface area contributed by atoms with Gasteiger partial charge in [0.05, 0.1) is 11.7 Å². The first-order valence-electron chi connectivity index (χ1n) is 9.69. The molecule has 0 fully saturated rings. The lowest BCUT2D eigenvalue weighted by atomic mass is 10.0. The first kappa shape index (κ1) is 19.1. The molecule has 0 spiro atoms. The summed E-state index contributed by atoms with van der Waals surface area (Å²) in [7, 11) is 0. The van der Waals surface area contributed by atoms with Crippen molar-refractivity contribution in [3.8, 4) is 0 Å². The second kappa shape index (κ2) is 8.03. The van der Waals surface area contributed by atoms with E-state index in [4.69, 9.17) is 0 Å². The summed E-state index contributed by atoms with van der Waals surface area (Å²) in [5, 5.41) is 2.64. The number of anilines is 1. The summed E-state index contributed by atoms with van der Waals surface area (Å²) in [6.45, 7) is 1.97. The van der Waals surface area contributed by atoms with Crippen molar-refractivity contribution in [3.63, 3.8) is 0 Å². The number of halogens is 2. The number of nitrogens with zero attached hydrogens (tertiary/aromatic N) is 1. The maximum absolute atomic E-state index is 14.1. The highest BCUT2D eigenvalue weighted by Crippen LogP contribution is 2.32. The largest absolute Gasteiger partial charge is 0.322 e. The maximum atomic E-state index is 14.1. The van der Waals surface area contributed by atoms with Crippen molar-refractivity contribution in [2.45, 2.75) is 31.8 Å². The van der Waals surface area contributed by atoms with Crippen molar-refractivity contribution in [2.75, 3.05) is 5.32 Å². The van der Waals surface area contributed by atoms with E-state index in [1.807, 2.05) is 49.4 Å². The van der Waals surface area contributed by atoms with E-state index in [1.54, 1.807) is 4.90 Å².